The Morgan fingerprint density at radius 3 is 1.95 bits per heavy atom. The Kier molecular flexibility index (Phi) is 8.26. The molecule has 0 amide bonds. The summed E-state index contributed by atoms with van der Waals surface area (Å²) in [5.41, 5.74) is 1.91. The number of ether oxygens (including phenoxy) is 2. The van der Waals surface area contributed by atoms with E-state index in [1.54, 1.807) is 30.3 Å². The van der Waals surface area contributed by atoms with Crippen LogP contribution >= 0.6 is 0 Å². The maximum absolute atomic E-state index is 15.2. The largest absolute Gasteiger partial charge is 0.573 e. The lowest BCUT2D eigenvalue weighted by Crippen LogP contribution is -2.18. The van der Waals surface area contributed by atoms with Gasteiger partial charge in [-0.1, -0.05) is 36.4 Å². The van der Waals surface area contributed by atoms with Crippen LogP contribution in [0.3, 0.4) is 0 Å². The van der Waals surface area contributed by atoms with E-state index in [4.69, 9.17) is 4.74 Å². The quantitative estimate of drug-likeness (QED) is 0.202. The van der Waals surface area contributed by atoms with Crippen LogP contribution in [0.25, 0.3) is 10.8 Å². The number of aryl methyl sites for hydroxylation is 3. The third-order valence-electron chi connectivity index (χ3n) is 6.18. The molecule has 0 heterocycles. The molecule has 4 rings (SSSR count). The Morgan fingerprint density at radius 2 is 1.29 bits per heavy atom. The van der Waals surface area contributed by atoms with Gasteiger partial charge in [-0.05, 0) is 77.6 Å². The van der Waals surface area contributed by atoms with Gasteiger partial charge < -0.3 is 9.47 Å². The van der Waals surface area contributed by atoms with Crippen molar-refractivity contribution in [2.45, 2.75) is 38.7 Å². The van der Waals surface area contributed by atoms with Crippen molar-refractivity contribution in [1.29, 1.82) is 0 Å². The van der Waals surface area contributed by atoms with Gasteiger partial charge in [-0.25, -0.2) is 17.6 Å². The second-order valence-corrected chi connectivity index (χ2v) is 8.88. The summed E-state index contributed by atoms with van der Waals surface area (Å²) in [4.78, 5) is 0. The topological polar surface area (TPSA) is 18.5 Å². The number of alkyl halides is 3. The van der Waals surface area contributed by atoms with Crippen molar-refractivity contribution < 1.29 is 40.2 Å². The Hall–Kier alpha value is -3.59. The molecular formula is C29H23F7O2. The molecule has 0 atom stereocenters. The first kappa shape index (κ1) is 27.4. The minimum atomic E-state index is -5.00. The Balaban J connectivity index is 1.44. The van der Waals surface area contributed by atoms with E-state index in [9.17, 15) is 26.3 Å². The number of benzene rings is 4. The fourth-order valence-electron chi connectivity index (χ4n) is 4.34. The predicted molar refractivity (Wildman–Crippen MR) is 129 cm³/mol. The average molecular weight is 536 g/mol. The van der Waals surface area contributed by atoms with Gasteiger partial charge in [-0.15, -0.1) is 13.2 Å². The third-order valence-corrected chi connectivity index (χ3v) is 6.18. The molecule has 0 N–H and O–H groups in total. The van der Waals surface area contributed by atoms with Crippen LogP contribution in [0, 0.1) is 23.3 Å². The first-order chi connectivity index (χ1) is 18.0. The van der Waals surface area contributed by atoms with Gasteiger partial charge in [0.1, 0.15) is 17.5 Å². The molecule has 0 spiro atoms. The summed E-state index contributed by atoms with van der Waals surface area (Å²) in [7, 11) is 1.44. The van der Waals surface area contributed by atoms with E-state index in [1.165, 1.54) is 25.3 Å². The van der Waals surface area contributed by atoms with Crippen molar-refractivity contribution in [2.24, 2.45) is 0 Å². The van der Waals surface area contributed by atoms with E-state index in [2.05, 4.69) is 4.74 Å². The summed E-state index contributed by atoms with van der Waals surface area (Å²) < 4.78 is 103. The lowest BCUT2D eigenvalue weighted by atomic mass is 9.97. The van der Waals surface area contributed by atoms with E-state index in [1.807, 2.05) is 0 Å². The lowest BCUT2D eigenvalue weighted by Gasteiger charge is -2.12. The molecule has 2 nitrogen and oxygen atoms in total. The number of halogens is 7. The standard InChI is InChI=1S/C29H23F7O2/c1-37-16-19-14-24(30)23(25(31)15-19)10-4-17-3-9-22-21(12-17)8-7-20(28(22)33)6-2-18-5-11-27(26(32)13-18)38-29(34,35)36/h3,5,7-9,11-15H,2,4,6,10,16H2,1H3. The number of methoxy groups -OCH3 is 1. The van der Waals surface area contributed by atoms with Crippen molar-refractivity contribution in [3.8, 4) is 5.75 Å². The van der Waals surface area contributed by atoms with Crippen LogP contribution in [0.4, 0.5) is 30.7 Å². The van der Waals surface area contributed by atoms with Crippen molar-refractivity contribution in [2.75, 3.05) is 7.11 Å². The smallest absolute Gasteiger partial charge is 0.403 e. The second-order valence-electron chi connectivity index (χ2n) is 8.88. The lowest BCUT2D eigenvalue weighted by molar-refractivity contribution is -0.275. The van der Waals surface area contributed by atoms with E-state index < -0.39 is 35.4 Å². The highest BCUT2D eigenvalue weighted by atomic mass is 19.4. The van der Waals surface area contributed by atoms with Crippen LogP contribution < -0.4 is 4.74 Å². The summed E-state index contributed by atoms with van der Waals surface area (Å²) in [5.74, 6) is -3.83. The van der Waals surface area contributed by atoms with E-state index >= 15 is 4.39 Å². The minimum Gasteiger partial charge on any atom is -0.403 e. The van der Waals surface area contributed by atoms with Gasteiger partial charge in [0.25, 0.3) is 0 Å². The van der Waals surface area contributed by atoms with E-state index in [-0.39, 0.29) is 31.4 Å². The van der Waals surface area contributed by atoms with Crippen molar-refractivity contribution in [3.63, 3.8) is 0 Å². The van der Waals surface area contributed by atoms with Crippen molar-refractivity contribution in [1.82, 2.24) is 0 Å². The van der Waals surface area contributed by atoms with Crippen LogP contribution in [0.1, 0.15) is 27.8 Å². The molecule has 9 heteroatoms. The van der Waals surface area contributed by atoms with Crippen molar-refractivity contribution >= 4 is 10.8 Å². The molecule has 0 aliphatic carbocycles. The first-order valence-corrected chi connectivity index (χ1v) is 11.7. The van der Waals surface area contributed by atoms with Crippen LogP contribution in [0.5, 0.6) is 5.75 Å². The van der Waals surface area contributed by atoms with Crippen LogP contribution in [0.2, 0.25) is 0 Å². The molecule has 4 aromatic carbocycles. The summed E-state index contributed by atoms with van der Waals surface area (Å²) in [6.07, 6.45) is -4.14. The molecule has 0 bridgehead atoms. The predicted octanol–water partition coefficient (Wildman–Crippen LogP) is 8.01. The summed E-state index contributed by atoms with van der Waals surface area (Å²) in [5, 5.41) is 0.965. The normalized spacial score (nSPS) is 11.8. The van der Waals surface area contributed by atoms with E-state index in [0.717, 1.165) is 17.7 Å². The zero-order chi connectivity index (χ0) is 27.4. The summed E-state index contributed by atoms with van der Waals surface area (Å²) >= 11 is 0. The molecule has 0 saturated heterocycles. The fourth-order valence-corrected chi connectivity index (χ4v) is 4.34. The molecular weight excluding hydrogens is 513 g/mol. The zero-order valence-corrected chi connectivity index (χ0v) is 20.3. The highest BCUT2D eigenvalue weighted by molar-refractivity contribution is 5.84. The van der Waals surface area contributed by atoms with Gasteiger partial charge in [0.05, 0.1) is 6.61 Å². The van der Waals surface area contributed by atoms with Gasteiger partial charge in [0, 0.05) is 18.1 Å². The molecule has 4 aromatic rings. The molecule has 0 fully saturated rings. The number of hydrogen-bond acceptors (Lipinski definition) is 2. The molecule has 0 unspecified atom stereocenters. The Bertz CT molecular complexity index is 1420. The third kappa shape index (κ3) is 6.64. The maximum Gasteiger partial charge on any atom is 0.573 e. The number of rotatable bonds is 9. The summed E-state index contributed by atoms with van der Waals surface area (Å²) in [6.45, 7) is 0.104. The molecule has 0 saturated carbocycles. The van der Waals surface area contributed by atoms with Gasteiger partial charge in [-0.3, -0.25) is 0 Å². The monoisotopic (exact) mass is 536 g/mol. The minimum absolute atomic E-state index is 0.0269. The van der Waals surface area contributed by atoms with Gasteiger partial charge >= 0.3 is 6.36 Å². The summed E-state index contributed by atoms with van der Waals surface area (Å²) in [6, 6.07) is 14.0. The van der Waals surface area contributed by atoms with Gasteiger partial charge in [0.2, 0.25) is 0 Å². The van der Waals surface area contributed by atoms with Gasteiger partial charge in [-0.2, -0.15) is 0 Å². The van der Waals surface area contributed by atoms with E-state index in [0.29, 0.717) is 33.9 Å². The average Bonchev–Trinajstić information content (AvgIpc) is 2.84. The molecule has 200 valence electrons. The number of hydrogen-bond donors (Lipinski definition) is 0. The molecule has 0 aliphatic rings. The van der Waals surface area contributed by atoms with Crippen molar-refractivity contribution in [3.05, 3.63) is 112 Å². The highest BCUT2D eigenvalue weighted by Gasteiger charge is 2.32. The van der Waals surface area contributed by atoms with Crippen LogP contribution in [0.15, 0.2) is 60.7 Å². The Labute approximate surface area is 214 Å². The van der Waals surface area contributed by atoms with Gasteiger partial charge in [0.15, 0.2) is 11.6 Å². The number of fused-ring (bicyclic) bond motifs is 1. The first-order valence-electron chi connectivity index (χ1n) is 11.7. The van der Waals surface area contributed by atoms with Crippen LogP contribution in [-0.2, 0) is 37.0 Å². The SMILES string of the molecule is COCc1cc(F)c(CCc2ccc3c(F)c(CCc4ccc(OC(F)(F)F)c(F)c4)ccc3c2)c(F)c1. The second kappa shape index (κ2) is 11.4. The zero-order valence-electron chi connectivity index (χ0n) is 20.3. The van der Waals surface area contributed by atoms with Crippen LogP contribution in [-0.4, -0.2) is 13.5 Å². The maximum atomic E-state index is 15.2. The molecule has 38 heavy (non-hydrogen) atoms. The molecule has 0 aromatic heterocycles. The molecule has 0 radical (unpaired) electrons. The fraction of sp³-hybridized carbons (Fsp3) is 0.241. The highest BCUT2D eigenvalue weighted by Crippen LogP contribution is 2.28. The molecule has 0 aliphatic heterocycles. The Morgan fingerprint density at radius 1 is 0.658 bits per heavy atom.